The Kier molecular flexibility index (Phi) is 3.80. The van der Waals surface area contributed by atoms with Crippen molar-refractivity contribution in [2.75, 3.05) is 12.4 Å². The molecule has 4 nitrogen and oxygen atoms in total. The molecule has 0 saturated heterocycles. The molecule has 2 aromatic rings. The molecule has 2 atom stereocenters. The first-order chi connectivity index (χ1) is 12.6. The molecular formula is C21H24F2N2O2. The summed E-state index contributed by atoms with van der Waals surface area (Å²) < 4.78 is 34.0. The van der Waals surface area contributed by atoms with Gasteiger partial charge in [-0.1, -0.05) is 6.92 Å². The van der Waals surface area contributed by atoms with E-state index in [-0.39, 0.29) is 17.0 Å². The van der Waals surface area contributed by atoms with Crippen LogP contribution in [-0.2, 0) is 5.41 Å². The average Bonchev–Trinajstić information content (AvgIpc) is 2.92. The zero-order chi connectivity index (χ0) is 19.6. The number of aromatic nitrogens is 1. The van der Waals surface area contributed by atoms with Gasteiger partial charge in [0.05, 0.1) is 24.4 Å². The topological polar surface area (TPSA) is 54.4 Å². The SMILES string of the molecule is COc1ncc(F)cc1-c1cc2c(cc1F)NC(C)(C)C1(O)CCCC21C. The van der Waals surface area contributed by atoms with E-state index in [1.807, 2.05) is 20.8 Å². The van der Waals surface area contributed by atoms with Gasteiger partial charge in [-0.15, -0.1) is 0 Å². The molecule has 0 radical (unpaired) electrons. The minimum Gasteiger partial charge on any atom is -0.481 e. The number of hydrogen-bond acceptors (Lipinski definition) is 4. The second-order valence-corrected chi connectivity index (χ2v) is 8.38. The normalized spacial score (nSPS) is 28.3. The van der Waals surface area contributed by atoms with Crippen LogP contribution >= 0.6 is 0 Å². The van der Waals surface area contributed by atoms with E-state index in [2.05, 4.69) is 10.3 Å². The lowest BCUT2D eigenvalue weighted by molar-refractivity contribution is -0.0628. The predicted octanol–water partition coefficient (Wildman–Crippen LogP) is 4.41. The molecule has 2 N–H and O–H groups in total. The summed E-state index contributed by atoms with van der Waals surface area (Å²) in [5.74, 6) is -0.897. The number of hydrogen-bond donors (Lipinski definition) is 2. The van der Waals surface area contributed by atoms with Crippen LogP contribution in [0.4, 0.5) is 14.5 Å². The van der Waals surface area contributed by atoms with Gasteiger partial charge in [0.15, 0.2) is 0 Å². The third-order valence-corrected chi connectivity index (χ3v) is 6.61. The van der Waals surface area contributed by atoms with Crippen molar-refractivity contribution >= 4 is 5.69 Å². The fourth-order valence-electron chi connectivity index (χ4n) is 5.10. The minimum atomic E-state index is -0.966. The van der Waals surface area contributed by atoms with Crippen molar-refractivity contribution in [2.24, 2.45) is 0 Å². The molecule has 27 heavy (non-hydrogen) atoms. The largest absolute Gasteiger partial charge is 0.481 e. The molecule has 2 aliphatic rings. The number of methoxy groups -OCH3 is 1. The summed E-state index contributed by atoms with van der Waals surface area (Å²) in [5.41, 5.74) is -0.123. The number of halogens is 2. The number of nitrogens with zero attached hydrogens (tertiary/aromatic N) is 1. The van der Waals surface area contributed by atoms with Gasteiger partial charge in [0.2, 0.25) is 5.88 Å². The van der Waals surface area contributed by atoms with Crippen LogP contribution in [-0.4, -0.2) is 28.3 Å². The van der Waals surface area contributed by atoms with Gasteiger partial charge in [-0.05, 0) is 56.9 Å². The minimum absolute atomic E-state index is 0.159. The fourth-order valence-corrected chi connectivity index (χ4v) is 5.10. The molecule has 4 rings (SSSR count). The maximum absolute atomic E-state index is 15.0. The summed E-state index contributed by atoms with van der Waals surface area (Å²) in [7, 11) is 1.42. The first-order valence-corrected chi connectivity index (χ1v) is 9.17. The van der Waals surface area contributed by atoms with Gasteiger partial charge < -0.3 is 15.2 Å². The van der Waals surface area contributed by atoms with E-state index in [9.17, 15) is 9.50 Å². The van der Waals surface area contributed by atoms with Gasteiger partial charge in [0, 0.05) is 22.2 Å². The fraction of sp³-hybridized carbons (Fsp3) is 0.476. The smallest absolute Gasteiger partial charge is 0.221 e. The highest BCUT2D eigenvalue weighted by Gasteiger charge is 2.62. The summed E-state index contributed by atoms with van der Waals surface area (Å²) >= 11 is 0. The van der Waals surface area contributed by atoms with Gasteiger partial charge in [0.1, 0.15) is 11.6 Å². The maximum Gasteiger partial charge on any atom is 0.221 e. The molecule has 1 aromatic heterocycles. The number of pyridine rings is 1. The Morgan fingerprint density at radius 1 is 1.11 bits per heavy atom. The van der Waals surface area contributed by atoms with Crippen LogP contribution in [0.3, 0.4) is 0 Å². The Morgan fingerprint density at radius 3 is 2.56 bits per heavy atom. The maximum atomic E-state index is 15.0. The lowest BCUT2D eigenvalue weighted by Gasteiger charge is -2.55. The van der Waals surface area contributed by atoms with Crippen molar-refractivity contribution in [3.05, 3.63) is 41.6 Å². The molecule has 1 aromatic carbocycles. The first kappa shape index (κ1) is 18.2. The van der Waals surface area contributed by atoms with Crippen LogP contribution in [0.15, 0.2) is 24.4 Å². The standard InChI is InChI=1S/C21H24F2N2O2/c1-19(2)21(26)7-5-6-20(21,3)15-9-13(16(23)10-17(15)25-19)14-8-12(22)11-24-18(14)27-4/h8-11,25-26H,5-7H2,1-4H3. The summed E-state index contributed by atoms with van der Waals surface area (Å²) in [6.07, 6.45) is 3.39. The second kappa shape index (κ2) is 5.64. The van der Waals surface area contributed by atoms with Crippen LogP contribution in [0, 0.1) is 11.6 Å². The van der Waals surface area contributed by atoms with Gasteiger partial charge >= 0.3 is 0 Å². The van der Waals surface area contributed by atoms with Crippen LogP contribution in [0.1, 0.15) is 45.6 Å². The molecule has 2 heterocycles. The van der Waals surface area contributed by atoms with Gasteiger partial charge in [-0.3, -0.25) is 0 Å². The van der Waals surface area contributed by atoms with E-state index in [1.165, 1.54) is 19.2 Å². The number of nitrogens with one attached hydrogen (secondary N) is 1. The van der Waals surface area contributed by atoms with E-state index >= 15 is 4.39 Å². The highest BCUT2D eigenvalue weighted by atomic mass is 19.1. The Balaban J connectivity index is 1.97. The summed E-state index contributed by atoms with van der Waals surface area (Å²) in [5, 5.41) is 14.9. The zero-order valence-electron chi connectivity index (χ0n) is 16.0. The van der Waals surface area contributed by atoms with E-state index in [0.717, 1.165) is 24.6 Å². The van der Waals surface area contributed by atoms with Crippen molar-refractivity contribution in [1.82, 2.24) is 4.98 Å². The highest BCUT2D eigenvalue weighted by molar-refractivity contribution is 5.75. The Labute approximate surface area is 157 Å². The van der Waals surface area contributed by atoms with Crippen molar-refractivity contribution < 1.29 is 18.6 Å². The summed E-state index contributed by atoms with van der Waals surface area (Å²) in [6.45, 7) is 5.93. The number of anilines is 1. The highest BCUT2D eigenvalue weighted by Crippen LogP contribution is 2.59. The van der Waals surface area contributed by atoms with Gasteiger partial charge in [0.25, 0.3) is 0 Å². The van der Waals surface area contributed by atoms with E-state index in [1.54, 1.807) is 6.07 Å². The number of ether oxygens (including phenoxy) is 1. The van der Waals surface area contributed by atoms with Gasteiger partial charge in [-0.2, -0.15) is 0 Å². The lowest BCUT2D eigenvalue weighted by atomic mass is 9.60. The summed E-state index contributed by atoms with van der Waals surface area (Å²) in [4.78, 5) is 3.92. The molecule has 1 saturated carbocycles. The summed E-state index contributed by atoms with van der Waals surface area (Å²) in [6, 6.07) is 4.36. The number of fused-ring (bicyclic) bond motifs is 3. The third-order valence-electron chi connectivity index (χ3n) is 6.61. The predicted molar refractivity (Wildman–Crippen MR) is 100.0 cm³/mol. The first-order valence-electron chi connectivity index (χ1n) is 9.17. The monoisotopic (exact) mass is 374 g/mol. The number of aliphatic hydroxyl groups is 1. The molecule has 2 unspecified atom stereocenters. The molecule has 1 fully saturated rings. The Morgan fingerprint density at radius 2 is 1.85 bits per heavy atom. The van der Waals surface area contributed by atoms with Gasteiger partial charge in [-0.25, -0.2) is 13.8 Å². The van der Waals surface area contributed by atoms with E-state index in [0.29, 0.717) is 12.1 Å². The number of rotatable bonds is 2. The molecule has 1 aliphatic heterocycles. The molecule has 6 heteroatoms. The molecular weight excluding hydrogens is 350 g/mol. The van der Waals surface area contributed by atoms with Crippen LogP contribution < -0.4 is 10.1 Å². The van der Waals surface area contributed by atoms with Crippen molar-refractivity contribution in [3.63, 3.8) is 0 Å². The van der Waals surface area contributed by atoms with Crippen molar-refractivity contribution in [2.45, 2.75) is 56.6 Å². The second-order valence-electron chi connectivity index (χ2n) is 8.38. The average molecular weight is 374 g/mol. The van der Waals surface area contributed by atoms with Crippen LogP contribution in [0.25, 0.3) is 11.1 Å². The van der Waals surface area contributed by atoms with Crippen molar-refractivity contribution in [3.8, 4) is 17.0 Å². The Hall–Kier alpha value is -2.21. The molecule has 1 aliphatic carbocycles. The molecule has 0 bridgehead atoms. The molecule has 0 spiro atoms. The van der Waals surface area contributed by atoms with Crippen LogP contribution in [0.5, 0.6) is 5.88 Å². The van der Waals surface area contributed by atoms with Crippen LogP contribution in [0.2, 0.25) is 0 Å². The Bertz CT molecular complexity index is 931. The van der Waals surface area contributed by atoms with E-state index < -0.39 is 28.2 Å². The quantitative estimate of drug-likeness (QED) is 0.817. The van der Waals surface area contributed by atoms with E-state index in [4.69, 9.17) is 4.74 Å². The molecule has 144 valence electrons. The zero-order valence-corrected chi connectivity index (χ0v) is 16.0. The molecule has 0 amide bonds. The third kappa shape index (κ3) is 2.32. The van der Waals surface area contributed by atoms with Crippen molar-refractivity contribution in [1.29, 1.82) is 0 Å². The number of benzene rings is 1. The lowest BCUT2D eigenvalue weighted by Crippen LogP contribution is -2.65.